The Hall–Kier alpha value is -0.480. The Morgan fingerprint density at radius 3 is 2.48 bits per heavy atom. The van der Waals surface area contributed by atoms with Gasteiger partial charge < -0.3 is 4.74 Å². The minimum absolute atomic E-state index is 0.220. The minimum Gasteiger partial charge on any atom is -0.495 e. The summed E-state index contributed by atoms with van der Waals surface area (Å²) < 4.78 is 18.9. The third-order valence-corrected chi connectivity index (χ3v) is 4.85. The Morgan fingerprint density at radius 1 is 1.14 bits per heavy atom. The predicted octanol–water partition coefficient (Wildman–Crippen LogP) is 6.47. The van der Waals surface area contributed by atoms with Crippen molar-refractivity contribution in [2.24, 2.45) is 0 Å². The van der Waals surface area contributed by atoms with Crippen molar-refractivity contribution in [3.05, 3.63) is 62.3 Å². The summed E-state index contributed by atoms with van der Waals surface area (Å²) in [5.41, 5.74) is 1.19. The number of hydrogen-bond donors (Lipinski definition) is 0. The zero-order chi connectivity index (χ0) is 15.6. The van der Waals surface area contributed by atoms with Gasteiger partial charge in [0.05, 0.1) is 12.1 Å². The van der Waals surface area contributed by atoms with Gasteiger partial charge >= 0.3 is 0 Å². The maximum atomic E-state index is 13.8. The highest BCUT2D eigenvalue weighted by molar-refractivity contribution is 9.09. The lowest BCUT2D eigenvalue weighted by molar-refractivity contribution is 0.415. The number of hydrogen-bond acceptors (Lipinski definition) is 1. The fourth-order valence-corrected chi connectivity index (χ4v) is 3.57. The molecule has 0 heterocycles. The SMILES string of the molecule is COc1cc(Cl)c(C(Br)Cc2c(F)cccc2Cl)cc1Cl. The Morgan fingerprint density at radius 2 is 1.86 bits per heavy atom. The van der Waals surface area contributed by atoms with Crippen LogP contribution in [0.2, 0.25) is 15.1 Å². The molecule has 0 radical (unpaired) electrons. The van der Waals surface area contributed by atoms with Crippen molar-refractivity contribution < 1.29 is 9.13 Å². The van der Waals surface area contributed by atoms with Crippen LogP contribution in [0, 0.1) is 5.82 Å². The van der Waals surface area contributed by atoms with Crippen LogP contribution in [0.15, 0.2) is 30.3 Å². The molecule has 0 fully saturated rings. The Kier molecular flexibility index (Phi) is 5.78. The van der Waals surface area contributed by atoms with Gasteiger partial charge in [-0.2, -0.15) is 0 Å². The Bertz CT molecular complexity index is 643. The van der Waals surface area contributed by atoms with Gasteiger partial charge in [0.2, 0.25) is 0 Å². The van der Waals surface area contributed by atoms with Crippen LogP contribution in [0.3, 0.4) is 0 Å². The summed E-state index contributed by atoms with van der Waals surface area (Å²) in [5.74, 6) is 0.150. The van der Waals surface area contributed by atoms with E-state index in [0.717, 1.165) is 5.56 Å². The van der Waals surface area contributed by atoms with Gasteiger partial charge in [-0.3, -0.25) is 0 Å². The molecule has 1 nitrogen and oxygen atoms in total. The summed E-state index contributed by atoms with van der Waals surface area (Å²) in [6.45, 7) is 0. The van der Waals surface area contributed by atoms with E-state index < -0.39 is 0 Å². The van der Waals surface area contributed by atoms with Crippen molar-refractivity contribution in [3.63, 3.8) is 0 Å². The lowest BCUT2D eigenvalue weighted by Crippen LogP contribution is -2.00. The maximum Gasteiger partial charge on any atom is 0.138 e. The standard InChI is InChI=1S/C15H11BrCl3FO/c1-21-15-7-12(18)8(6-13(15)19)10(16)5-9-11(17)3-2-4-14(9)20/h2-4,6-7,10H,5H2,1H3. The van der Waals surface area contributed by atoms with Gasteiger partial charge in [0.1, 0.15) is 11.6 Å². The van der Waals surface area contributed by atoms with Crippen LogP contribution in [-0.4, -0.2) is 7.11 Å². The number of alkyl halides is 1. The average Bonchev–Trinajstić information content (AvgIpc) is 2.44. The van der Waals surface area contributed by atoms with Gasteiger partial charge in [-0.15, -0.1) is 0 Å². The molecule has 0 spiro atoms. The molecule has 0 amide bonds. The second kappa shape index (κ2) is 7.19. The Balaban J connectivity index is 2.33. The summed E-state index contributed by atoms with van der Waals surface area (Å²) in [7, 11) is 1.52. The molecule has 2 aromatic rings. The van der Waals surface area contributed by atoms with E-state index in [2.05, 4.69) is 15.9 Å². The Labute approximate surface area is 146 Å². The number of ether oxygens (including phenoxy) is 1. The van der Waals surface area contributed by atoms with Gasteiger partial charge in [0.15, 0.2) is 0 Å². The number of rotatable bonds is 4. The fourth-order valence-electron chi connectivity index (χ4n) is 1.96. The van der Waals surface area contributed by atoms with E-state index in [1.807, 2.05) is 0 Å². The molecule has 0 aliphatic heterocycles. The lowest BCUT2D eigenvalue weighted by atomic mass is 10.0. The summed E-state index contributed by atoms with van der Waals surface area (Å²) in [6, 6.07) is 7.95. The molecule has 0 saturated heterocycles. The molecule has 112 valence electrons. The maximum absolute atomic E-state index is 13.8. The number of methoxy groups -OCH3 is 1. The summed E-state index contributed by atoms with van der Waals surface area (Å²) in [5, 5.41) is 1.32. The van der Waals surface area contributed by atoms with E-state index in [0.29, 0.717) is 32.8 Å². The molecule has 2 aromatic carbocycles. The fraction of sp³-hybridized carbons (Fsp3) is 0.200. The van der Waals surface area contributed by atoms with Gasteiger partial charge in [-0.25, -0.2) is 4.39 Å². The molecule has 2 rings (SSSR count). The molecule has 1 atom stereocenters. The van der Waals surface area contributed by atoms with Crippen LogP contribution in [0.4, 0.5) is 4.39 Å². The molecular weight excluding hydrogens is 401 g/mol. The molecule has 0 aromatic heterocycles. The van der Waals surface area contributed by atoms with Gasteiger partial charge in [-0.1, -0.05) is 56.8 Å². The summed E-state index contributed by atoms with van der Waals surface area (Å²) in [4.78, 5) is -0.220. The highest BCUT2D eigenvalue weighted by atomic mass is 79.9. The quantitative estimate of drug-likeness (QED) is 0.523. The van der Waals surface area contributed by atoms with Crippen LogP contribution in [0.5, 0.6) is 5.75 Å². The highest BCUT2D eigenvalue weighted by Gasteiger charge is 2.18. The monoisotopic (exact) mass is 410 g/mol. The van der Waals surface area contributed by atoms with E-state index in [1.165, 1.54) is 13.2 Å². The molecule has 21 heavy (non-hydrogen) atoms. The zero-order valence-corrected chi connectivity index (χ0v) is 14.8. The van der Waals surface area contributed by atoms with E-state index in [9.17, 15) is 4.39 Å². The largest absolute Gasteiger partial charge is 0.495 e. The van der Waals surface area contributed by atoms with Crippen LogP contribution in [0.1, 0.15) is 16.0 Å². The molecule has 6 heteroatoms. The molecule has 1 unspecified atom stereocenters. The first-order chi connectivity index (χ1) is 9.93. The molecule has 0 aliphatic rings. The first-order valence-electron chi connectivity index (χ1n) is 6.04. The van der Waals surface area contributed by atoms with E-state index >= 15 is 0 Å². The molecule has 0 saturated carbocycles. The first-order valence-corrected chi connectivity index (χ1v) is 8.09. The van der Waals surface area contributed by atoms with Crippen molar-refractivity contribution in [2.45, 2.75) is 11.2 Å². The minimum atomic E-state index is -0.345. The van der Waals surface area contributed by atoms with Crippen LogP contribution in [-0.2, 0) is 6.42 Å². The van der Waals surface area contributed by atoms with Crippen molar-refractivity contribution in [1.29, 1.82) is 0 Å². The zero-order valence-electron chi connectivity index (χ0n) is 11.0. The summed E-state index contributed by atoms with van der Waals surface area (Å²) >= 11 is 21.9. The van der Waals surface area contributed by atoms with Crippen LogP contribution >= 0.6 is 50.7 Å². The van der Waals surface area contributed by atoms with E-state index in [-0.39, 0.29) is 10.6 Å². The first kappa shape index (κ1) is 16.9. The van der Waals surface area contributed by atoms with Crippen LogP contribution < -0.4 is 4.74 Å². The lowest BCUT2D eigenvalue weighted by Gasteiger charge is -2.15. The van der Waals surface area contributed by atoms with Gasteiger partial charge in [-0.05, 0) is 30.2 Å². The highest BCUT2D eigenvalue weighted by Crippen LogP contribution is 2.39. The molecule has 0 aliphatic carbocycles. The number of halogens is 5. The predicted molar refractivity (Wildman–Crippen MR) is 89.8 cm³/mol. The van der Waals surface area contributed by atoms with Gasteiger partial charge in [0, 0.05) is 26.5 Å². The average molecular weight is 413 g/mol. The van der Waals surface area contributed by atoms with Crippen molar-refractivity contribution in [1.82, 2.24) is 0 Å². The van der Waals surface area contributed by atoms with Crippen molar-refractivity contribution in [3.8, 4) is 5.75 Å². The van der Waals surface area contributed by atoms with E-state index in [4.69, 9.17) is 39.5 Å². The molecular formula is C15H11BrCl3FO. The molecule has 0 N–H and O–H groups in total. The summed E-state index contributed by atoms with van der Waals surface area (Å²) in [6.07, 6.45) is 0.355. The van der Waals surface area contributed by atoms with Crippen LogP contribution in [0.25, 0.3) is 0 Å². The number of benzene rings is 2. The van der Waals surface area contributed by atoms with E-state index in [1.54, 1.807) is 24.3 Å². The van der Waals surface area contributed by atoms with Crippen molar-refractivity contribution in [2.75, 3.05) is 7.11 Å². The topological polar surface area (TPSA) is 9.23 Å². The van der Waals surface area contributed by atoms with Crippen molar-refractivity contribution >= 4 is 50.7 Å². The third-order valence-electron chi connectivity index (χ3n) is 3.05. The second-order valence-electron chi connectivity index (χ2n) is 4.38. The third kappa shape index (κ3) is 3.84. The normalized spacial score (nSPS) is 12.3. The second-order valence-corrected chi connectivity index (χ2v) is 6.71. The smallest absolute Gasteiger partial charge is 0.138 e. The van der Waals surface area contributed by atoms with Gasteiger partial charge in [0.25, 0.3) is 0 Å². The molecule has 0 bridgehead atoms.